The number of hydrogen-bond acceptors (Lipinski definition) is 5. The minimum atomic E-state index is -0.743. The van der Waals surface area contributed by atoms with Crippen LogP contribution in [0.25, 0.3) is 0 Å². The van der Waals surface area contributed by atoms with Gasteiger partial charge >= 0.3 is 6.09 Å². The van der Waals surface area contributed by atoms with Gasteiger partial charge in [0.25, 0.3) is 0 Å². The molecular formula is C25H42N4O5. The lowest BCUT2D eigenvalue weighted by molar-refractivity contribution is -0.142. The highest BCUT2D eigenvalue weighted by molar-refractivity contribution is 5.94. The van der Waals surface area contributed by atoms with Gasteiger partial charge in [-0.15, -0.1) is 6.58 Å². The number of carbonyl (C=O) groups is 4. The smallest absolute Gasteiger partial charge is 0.407 e. The summed E-state index contributed by atoms with van der Waals surface area (Å²) in [7, 11) is 1.51. The Morgan fingerprint density at radius 2 is 1.74 bits per heavy atom. The van der Waals surface area contributed by atoms with E-state index in [0.717, 1.165) is 32.1 Å². The lowest BCUT2D eigenvalue weighted by Crippen LogP contribution is -2.57. The maximum atomic E-state index is 13.7. The van der Waals surface area contributed by atoms with Gasteiger partial charge in [0.05, 0.1) is 6.61 Å². The number of nitrogens with zero attached hydrogens (tertiary/aromatic N) is 1. The van der Waals surface area contributed by atoms with Crippen LogP contribution in [0.1, 0.15) is 72.1 Å². The highest BCUT2D eigenvalue weighted by Gasteiger charge is 2.41. The van der Waals surface area contributed by atoms with Crippen LogP contribution in [0, 0.1) is 11.3 Å². The minimum absolute atomic E-state index is 0.00660. The fraction of sp³-hybridized carbons (Fsp3) is 0.760. The first-order valence-electron chi connectivity index (χ1n) is 12.4. The van der Waals surface area contributed by atoms with Crippen molar-refractivity contribution < 1.29 is 23.9 Å². The molecule has 0 aromatic carbocycles. The van der Waals surface area contributed by atoms with E-state index in [-0.39, 0.29) is 42.1 Å². The molecule has 34 heavy (non-hydrogen) atoms. The van der Waals surface area contributed by atoms with E-state index in [1.165, 1.54) is 7.05 Å². The maximum Gasteiger partial charge on any atom is 0.407 e. The Morgan fingerprint density at radius 1 is 1.06 bits per heavy atom. The zero-order valence-electron chi connectivity index (χ0n) is 21.2. The van der Waals surface area contributed by atoms with E-state index in [2.05, 4.69) is 22.5 Å². The van der Waals surface area contributed by atoms with Gasteiger partial charge in [0.1, 0.15) is 18.1 Å². The van der Waals surface area contributed by atoms with E-state index in [1.807, 2.05) is 20.8 Å². The minimum Gasteiger partial charge on any atom is -0.449 e. The monoisotopic (exact) mass is 478 g/mol. The number of likely N-dealkylation sites (N-methyl/N-ethyl adjacent to an activating group) is 1. The van der Waals surface area contributed by atoms with Crippen LogP contribution in [-0.4, -0.2) is 67.0 Å². The predicted octanol–water partition coefficient (Wildman–Crippen LogP) is 2.51. The average Bonchev–Trinajstić information content (AvgIpc) is 3.30. The molecule has 2 fully saturated rings. The summed E-state index contributed by atoms with van der Waals surface area (Å²) in [6, 6.07) is -2.15. The Bertz CT molecular complexity index is 742. The van der Waals surface area contributed by atoms with Crippen molar-refractivity contribution in [2.75, 3.05) is 20.2 Å². The topological polar surface area (TPSA) is 117 Å². The molecule has 0 aromatic rings. The molecule has 0 aromatic heterocycles. The third-order valence-electron chi connectivity index (χ3n) is 6.42. The van der Waals surface area contributed by atoms with Crippen molar-refractivity contribution in [3.8, 4) is 0 Å². The van der Waals surface area contributed by atoms with Crippen molar-refractivity contribution in [1.29, 1.82) is 0 Å². The van der Waals surface area contributed by atoms with Crippen LogP contribution >= 0.6 is 0 Å². The van der Waals surface area contributed by atoms with Gasteiger partial charge in [-0.05, 0) is 43.4 Å². The number of alkyl carbamates (subject to hydrolysis) is 1. The fourth-order valence-electron chi connectivity index (χ4n) is 4.62. The summed E-state index contributed by atoms with van der Waals surface area (Å²) >= 11 is 0. The first-order chi connectivity index (χ1) is 16.1. The van der Waals surface area contributed by atoms with Gasteiger partial charge in [-0.1, -0.05) is 46.1 Å². The van der Waals surface area contributed by atoms with E-state index in [4.69, 9.17) is 4.74 Å². The summed E-state index contributed by atoms with van der Waals surface area (Å²) in [5.41, 5.74) is -0.188. The number of likely N-dealkylation sites (tertiary alicyclic amines) is 1. The van der Waals surface area contributed by atoms with Gasteiger partial charge < -0.3 is 25.6 Å². The lowest BCUT2D eigenvalue weighted by Gasteiger charge is -2.34. The number of nitrogens with one attached hydrogen (secondary N) is 3. The van der Waals surface area contributed by atoms with Crippen LogP contribution in [0.4, 0.5) is 4.79 Å². The first kappa shape index (κ1) is 27.7. The van der Waals surface area contributed by atoms with Crippen molar-refractivity contribution in [3.05, 3.63) is 12.7 Å². The second kappa shape index (κ2) is 12.8. The molecule has 1 saturated carbocycles. The van der Waals surface area contributed by atoms with E-state index in [1.54, 1.807) is 11.0 Å². The van der Waals surface area contributed by atoms with Crippen molar-refractivity contribution >= 4 is 23.8 Å². The molecule has 0 spiro atoms. The zero-order chi connectivity index (χ0) is 25.3. The third kappa shape index (κ3) is 8.02. The fourth-order valence-corrected chi connectivity index (χ4v) is 4.62. The maximum absolute atomic E-state index is 13.7. The third-order valence-corrected chi connectivity index (χ3v) is 6.42. The lowest BCUT2D eigenvalue weighted by atomic mass is 9.83. The van der Waals surface area contributed by atoms with E-state index in [9.17, 15) is 19.2 Å². The van der Waals surface area contributed by atoms with E-state index in [0.29, 0.717) is 19.4 Å². The van der Waals surface area contributed by atoms with Crippen LogP contribution in [0.2, 0.25) is 0 Å². The Morgan fingerprint density at radius 3 is 2.32 bits per heavy atom. The van der Waals surface area contributed by atoms with Crippen molar-refractivity contribution in [1.82, 2.24) is 20.9 Å². The van der Waals surface area contributed by atoms with Crippen LogP contribution in [0.15, 0.2) is 12.7 Å². The summed E-state index contributed by atoms with van der Waals surface area (Å²) in [4.78, 5) is 53.0. The average molecular weight is 479 g/mol. The van der Waals surface area contributed by atoms with Crippen molar-refractivity contribution in [3.63, 3.8) is 0 Å². The zero-order valence-corrected chi connectivity index (χ0v) is 21.2. The standard InChI is InChI=1S/C25H42N4O5/c1-6-11-18(21(30)26-5)27-22(31)19-14-10-15-29(19)23(32)20(17-12-8-7-9-13-17)28-24(33)34-16-25(2,3)4/h6,17-20H,1,7-16H2,2-5H3,(H,26,30)(H,27,31)(H,28,33). The van der Waals surface area contributed by atoms with Crippen molar-refractivity contribution in [2.24, 2.45) is 11.3 Å². The molecule has 4 amide bonds. The molecule has 0 radical (unpaired) electrons. The predicted molar refractivity (Wildman–Crippen MR) is 130 cm³/mol. The second-order valence-electron chi connectivity index (χ2n) is 10.5. The molecule has 0 bridgehead atoms. The normalized spacial score (nSPS) is 20.7. The molecule has 1 aliphatic heterocycles. The summed E-state index contributed by atoms with van der Waals surface area (Å²) in [5, 5.41) is 8.13. The molecule has 192 valence electrons. The number of ether oxygens (including phenoxy) is 1. The van der Waals surface area contributed by atoms with Crippen LogP contribution in [-0.2, 0) is 19.1 Å². The molecule has 2 rings (SSSR count). The van der Waals surface area contributed by atoms with Crippen LogP contribution in [0.5, 0.6) is 0 Å². The molecule has 3 atom stereocenters. The van der Waals surface area contributed by atoms with Gasteiger partial charge in [0, 0.05) is 13.6 Å². The molecule has 1 saturated heterocycles. The van der Waals surface area contributed by atoms with Crippen LogP contribution in [0.3, 0.4) is 0 Å². The first-order valence-corrected chi connectivity index (χ1v) is 12.4. The molecular weight excluding hydrogens is 436 g/mol. The molecule has 2 aliphatic rings. The number of amides is 4. The summed E-state index contributed by atoms with van der Waals surface area (Å²) < 4.78 is 5.38. The SMILES string of the molecule is C=CCC(NC(=O)C1CCCN1C(=O)C(NC(=O)OCC(C)(C)C)C1CCCCC1)C(=O)NC. The Hall–Kier alpha value is -2.58. The number of rotatable bonds is 9. The second-order valence-corrected chi connectivity index (χ2v) is 10.5. The van der Waals surface area contributed by atoms with Gasteiger partial charge in [-0.25, -0.2) is 4.79 Å². The van der Waals surface area contributed by atoms with Crippen LogP contribution < -0.4 is 16.0 Å². The summed E-state index contributed by atoms with van der Waals surface area (Å²) in [6.07, 6.45) is 7.27. The number of hydrogen-bond donors (Lipinski definition) is 3. The summed E-state index contributed by atoms with van der Waals surface area (Å²) in [5.74, 6) is -0.920. The Kier molecular flexibility index (Phi) is 10.4. The van der Waals surface area contributed by atoms with Crippen molar-refractivity contribution in [2.45, 2.75) is 90.3 Å². The van der Waals surface area contributed by atoms with E-state index >= 15 is 0 Å². The molecule has 9 heteroatoms. The molecule has 1 heterocycles. The highest BCUT2D eigenvalue weighted by Crippen LogP contribution is 2.29. The van der Waals surface area contributed by atoms with Gasteiger partial charge in [0.15, 0.2) is 0 Å². The largest absolute Gasteiger partial charge is 0.449 e. The number of carbonyl (C=O) groups excluding carboxylic acids is 4. The van der Waals surface area contributed by atoms with E-state index < -0.39 is 24.2 Å². The molecule has 3 unspecified atom stereocenters. The summed E-state index contributed by atoms with van der Waals surface area (Å²) in [6.45, 7) is 10.2. The Balaban J connectivity index is 2.14. The molecule has 1 aliphatic carbocycles. The quantitative estimate of drug-likeness (QED) is 0.440. The van der Waals surface area contributed by atoms with Gasteiger partial charge in [-0.3, -0.25) is 14.4 Å². The highest BCUT2D eigenvalue weighted by atomic mass is 16.5. The molecule has 9 nitrogen and oxygen atoms in total. The van der Waals surface area contributed by atoms with Gasteiger partial charge in [-0.2, -0.15) is 0 Å². The van der Waals surface area contributed by atoms with Gasteiger partial charge in [0.2, 0.25) is 17.7 Å². The Labute approximate surface area is 203 Å². The molecule has 3 N–H and O–H groups in total.